The summed E-state index contributed by atoms with van der Waals surface area (Å²) in [6.07, 6.45) is 2.43. The van der Waals surface area contributed by atoms with Gasteiger partial charge < -0.3 is 15.0 Å². The fourth-order valence-corrected chi connectivity index (χ4v) is 1.87. The smallest absolute Gasteiger partial charge is 0.335 e. The van der Waals surface area contributed by atoms with E-state index in [2.05, 4.69) is 15.5 Å². The van der Waals surface area contributed by atoms with Crippen LogP contribution >= 0.6 is 0 Å². The second-order valence-electron chi connectivity index (χ2n) is 4.37. The number of aromatic nitrogens is 3. The van der Waals surface area contributed by atoms with Crippen LogP contribution in [0.3, 0.4) is 0 Å². The van der Waals surface area contributed by atoms with Crippen LogP contribution in [0, 0.1) is 6.92 Å². The van der Waals surface area contributed by atoms with Gasteiger partial charge in [-0.05, 0) is 30.7 Å². The molecule has 0 aliphatic heterocycles. The third-order valence-electron chi connectivity index (χ3n) is 2.94. The van der Waals surface area contributed by atoms with Crippen molar-refractivity contribution in [2.45, 2.75) is 13.3 Å². The monoisotopic (exact) mass is 260 g/mol. The number of carboxylic acid groups (broad SMARTS) is 1. The van der Waals surface area contributed by atoms with E-state index in [1.165, 1.54) is 0 Å². The van der Waals surface area contributed by atoms with E-state index in [0.717, 1.165) is 30.0 Å². The van der Waals surface area contributed by atoms with E-state index in [1.54, 1.807) is 25.4 Å². The molecule has 0 radical (unpaired) electrons. The highest BCUT2D eigenvalue weighted by Gasteiger charge is 2.07. The molecule has 19 heavy (non-hydrogen) atoms. The Kier molecular flexibility index (Phi) is 3.79. The maximum absolute atomic E-state index is 10.9. The van der Waals surface area contributed by atoms with Gasteiger partial charge in [-0.15, -0.1) is 10.2 Å². The van der Waals surface area contributed by atoms with E-state index >= 15 is 0 Å². The van der Waals surface area contributed by atoms with Crippen molar-refractivity contribution in [1.82, 2.24) is 14.8 Å². The SMILES string of the molecule is Cc1cc(NCCc2nncn2C)ccc1C(=O)O. The van der Waals surface area contributed by atoms with Gasteiger partial charge in [0.05, 0.1) is 5.56 Å². The van der Waals surface area contributed by atoms with Crippen molar-refractivity contribution in [2.75, 3.05) is 11.9 Å². The van der Waals surface area contributed by atoms with E-state index in [9.17, 15) is 4.79 Å². The fourth-order valence-electron chi connectivity index (χ4n) is 1.87. The summed E-state index contributed by atoms with van der Waals surface area (Å²) in [4.78, 5) is 10.9. The van der Waals surface area contributed by atoms with Crippen LogP contribution in [0.5, 0.6) is 0 Å². The van der Waals surface area contributed by atoms with Gasteiger partial charge >= 0.3 is 5.97 Å². The second kappa shape index (κ2) is 5.51. The summed E-state index contributed by atoms with van der Waals surface area (Å²) >= 11 is 0. The molecule has 1 heterocycles. The van der Waals surface area contributed by atoms with Crippen molar-refractivity contribution >= 4 is 11.7 Å². The number of nitrogens with zero attached hydrogens (tertiary/aromatic N) is 3. The first kappa shape index (κ1) is 13.1. The molecule has 0 spiro atoms. The Morgan fingerprint density at radius 3 is 2.84 bits per heavy atom. The molecule has 0 fully saturated rings. The number of rotatable bonds is 5. The van der Waals surface area contributed by atoms with Gasteiger partial charge in [0.25, 0.3) is 0 Å². The van der Waals surface area contributed by atoms with Crippen LogP contribution in [0.4, 0.5) is 5.69 Å². The van der Waals surface area contributed by atoms with Gasteiger partial charge in [0, 0.05) is 25.7 Å². The maximum atomic E-state index is 10.9. The van der Waals surface area contributed by atoms with Gasteiger partial charge in [-0.25, -0.2) is 4.79 Å². The minimum Gasteiger partial charge on any atom is -0.478 e. The van der Waals surface area contributed by atoms with Gasteiger partial charge in [-0.1, -0.05) is 0 Å². The van der Waals surface area contributed by atoms with Crippen LogP contribution < -0.4 is 5.32 Å². The molecule has 2 N–H and O–H groups in total. The summed E-state index contributed by atoms with van der Waals surface area (Å²) in [6.45, 7) is 2.51. The molecule has 0 bridgehead atoms. The number of nitrogens with one attached hydrogen (secondary N) is 1. The summed E-state index contributed by atoms with van der Waals surface area (Å²) in [5.74, 6) is 0.00881. The normalized spacial score (nSPS) is 10.4. The third kappa shape index (κ3) is 3.09. The Bertz CT molecular complexity index is 592. The zero-order valence-electron chi connectivity index (χ0n) is 10.9. The molecule has 6 heteroatoms. The van der Waals surface area contributed by atoms with Crippen molar-refractivity contribution in [1.29, 1.82) is 0 Å². The Morgan fingerprint density at radius 1 is 1.47 bits per heavy atom. The molecule has 0 amide bonds. The summed E-state index contributed by atoms with van der Waals surface area (Å²) in [7, 11) is 1.90. The molecule has 1 aromatic carbocycles. The standard InChI is InChI=1S/C13H16N4O2/c1-9-7-10(3-4-11(9)13(18)19)14-6-5-12-16-15-8-17(12)2/h3-4,7-8,14H,5-6H2,1-2H3,(H,18,19). The number of carbonyl (C=O) groups is 1. The Balaban J connectivity index is 1.95. The highest BCUT2D eigenvalue weighted by atomic mass is 16.4. The molecule has 0 aliphatic rings. The van der Waals surface area contributed by atoms with Crippen LogP contribution in [-0.2, 0) is 13.5 Å². The number of hydrogen-bond donors (Lipinski definition) is 2. The van der Waals surface area contributed by atoms with Crippen LogP contribution in [0.15, 0.2) is 24.5 Å². The molecule has 0 atom stereocenters. The molecule has 2 aromatic rings. The van der Waals surface area contributed by atoms with Crippen LogP contribution in [0.25, 0.3) is 0 Å². The predicted octanol–water partition coefficient (Wildman–Crippen LogP) is 1.48. The van der Waals surface area contributed by atoms with Crippen molar-refractivity contribution < 1.29 is 9.90 Å². The molecular formula is C13H16N4O2. The quantitative estimate of drug-likeness (QED) is 0.851. The average Bonchev–Trinajstić information content (AvgIpc) is 2.75. The summed E-state index contributed by atoms with van der Waals surface area (Å²) in [6, 6.07) is 5.22. The predicted molar refractivity (Wildman–Crippen MR) is 71.3 cm³/mol. The Labute approximate surface area is 111 Å². The topological polar surface area (TPSA) is 80.0 Å². The van der Waals surface area contributed by atoms with Crippen molar-refractivity contribution in [3.8, 4) is 0 Å². The maximum Gasteiger partial charge on any atom is 0.335 e. The number of hydrogen-bond acceptors (Lipinski definition) is 4. The second-order valence-corrected chi connectivity index (χ2v) is 4.37. The highest BCUT2D eigenvalue weighted by Crippen LogP contribution is 2.15. The van der Waals surface area contributed by atoms with Crippen molar-refractivity contribution in [2.24, 2.45) is 7.05 Å². The van der Waals surface area contributed by atoms with E-state index in [1.807, 2.05) is 17.7 Å². The average molecular weight is 260 g/mol. The molecule has 100 valence electrons. The van der Waals surface area contributed by atoms with Crippen LogP contribution in [-0.4, -0.2) is 32.4 Å². The molecule has 0 unspecified atom stereocenters. The summed E-state index contributed by atoms with van der Waals surface area (Å²) in [5, 5.41) is 20.0. The van der Waals surface area contributed by atoms with Gasteiger partial charge in [0.1, 0.15) is 12.2 Å². The lowest BCUT2D eigenvalue weighted by molar-refractivity contribution is 0.0696. The lowest BCUT2D eigenvalue weighted by Gasteiger charge is -2.08. The molecular weight excluding hydrogens is 244 g/mol. The lowest BCUT2D eigenvalue weighted by Crippen LogP contribution is -2.09. The van der Waals surface area contributed by atoms with Gasteiger partial charge in [-0.3, -0.25) is 0 Å². The highest BCUT2D eigenvalue weighted by molar-refractivity contribution is 5.89. The minimum atomic E-state index is -0.900. The molecule has 2 rings (SSSR count). The molecule has 0 saturated carbocycles. The largest absolute Gasteiger partial charge is 0.478 e. The Hall–Kier alpha value is -2.37. The number of anilines is 1. The van der Waals surface area contributed by atoms with Gasteiger partial charge in [-0.2, -0.15) is 0 Å². The summed E-state index contributed by atoms with van der Waals surface area (Å²) < 4.78 is 1.88. The molecule has 0 aliphatic carbocycles. The van der Waals surface area contributed by atoms with E-state index in [-0.39, 0.29) is 0 Å². The van der Waals surface area contributed by atoms with Gasteiger partial charge in [0.15, 0.2) is 0 Å². The number of aromatic carboxylic acids is 1. The van der Waals surface area contributed by atoms with Crippen LogP contribution in [0.1, 0.15) is 21.7 Å². The summed E-state index contributed by atoms with van der Waals surface area (Å²) in [5.41, 5.74) is 1.99. The fraction of sp³-hybridized carbons (Fsp3) is 0.308. The van der Waals surface area contributed by atoms with Crippen molar-refractivity contribution in [3.63, 3.8) is 0 Å². The van der Waals surface area contributed by atoms with E-state index < -0.39 is 5.97 Å². The molecule has 1 aromatic heterocycles. The molecule has 6 nitrogen and oxygen atoms in total. The minimum absolute atomic E-state index is 0.332. The zero-order valence-corrected chi connectivity index (χ0v) is 10.9. The Morgan fingerprint density at radius 2 is 2.26 bits per heavy atom. The third-order valence-corrected chi connectivity index (χ3v) is 2.94. The first-order valence-electron chi connectivity index (χ1n) is 5.98. The molecule has 0 saturated heterocycles. The van der Waals surface area contributed by atoms with Crippen molar-refractivity contribution in [3.05, 3.63) is 41.5 Å². The number of aryl methyl sites for hydroxylation is 2. The number of benzene rings is 1. The van der Waals surface area contributed by atoms with Gasteiger partial charge in [0.2, 0.25) is 0 Å². The number of carboxylic acids is 1. The first-order chi connectivity index (χ1) is 9.08. The van der Waals surface area contributed by atoms with E-state index in [4.69, 9.17) is 5.11 Å². The lowest BCUT2D eigenvalue weighted by atomic mass is 10.1. The first-order valence-corrected chi connectivity index (χ1v) is 5.98. The van der Waals surface area contributed by atoms with Crippen LogP contribution in [0.2, 0.25) is 0 Å². The van der Waals surface area contributed by atoms with E-state index in [0.29, 0.717) is 5.56 Å². The zero-order chi connectivity index (χ0) is 13.8.